The number of benzene rings is 1. The van der Waals surface area contributed by atoms with Gasteiger partial charge < -0.3 is 9.80 Å². The van der Waals surface area contributed by atoms with Crippen molar-refractivity contribution in [2.24, 2.45) is 20.0 Å². The summed E-state index contributed by atoms with van der Waals surface area (Å²) < 4.78 is 0. The van der Waals surface area contributed by atoms with Crippen molar-refractivity contribution in [3.05, 3.63) is 29.8 Å². The van der Waals surface area contributed by atoms with Crippen LogP contribution in [0.1, 0.15) is 25.8 Å². The highest BCUT2D eigenvalue weighted by Gasteiger charge is 2.29. The third-order valence-electron chi connectivity index (χ3n) is 4.59. The molecule has 6 heteroatoms. The number of anilines is 1. The van der Waals surface area contributed by atoms with Crippen molar-refractivity contribution in [3.8, 4) is 0 Å². The Bertz CT molecular complexity index is 723. The molecule has 0 N–H and O–H groups in total. The molecule has 25 heavy (non-hydrogen) atoms. The fourth-order valence-electron chi connectivity index (χ4n) is 3.01. The van der Waals surface area contributed by atoms with Gasteiger partial charge in [-0.1, -0.05) is 12.1 Å². The van der Waals surface area contributed by atoms with Crippen LogP contribution in [-0.4, -0.2) is 62.0 Å². The zero-order valence-electron chi connectivity index (χ0n) is 15.5. The molecule has 0 saturated carbocycles. The van der Waals surface area contributed by atoms with E-state index in [-0.39, 0.29) is 6.04 Å². The molecule has 0 fully saturated rings. The quantitative estimate of drug-likeness (QED) is 0.801. The third kappa shape index (κ3) is 3.78. The van der Waals surface area contributed by atoms with Gasteiger partial charge in [-0.3, -0.25) is 4.99 Å². The zero-order chi connectivity index (χ0) is 17.8. The van der Waals surface area contributed by atoms with Gasteiger partial charge in [-0.25, -0.2) is 9.98 Å². The summed E-state index contributed by atoms with van der Waals surface area (Å²) in [6.07, 6.45) is 3.41. The smallest absolute Gasteiger partial charge is 0.227 e. The molecule has 0 amide bonds. The molecule has 0 aliphatic carbocycles. The number of hydrogen-bond donors (Lipinski definition) is 0. The second-order valence-corrected chi connectivity index (χ2v) is 6.40. The Kier molecular flexibility index (Phi) is 5.26. The summed E-state index contributed by atoms with van der Waals surface area (Å²) >= 11 is 0. The van der Waals surface area contributed by atoms with Crippen LogP contribution in [-0.2, 0) is 6.42 Å². The normalized spacial score (nSPS) is 18.4. The first kappa shape index (κ1) is 17.3. The Morgan fingerprint density at radius 3 is 2.32 bits per heavy atom. The molecule has 2 aliphatic rings. The summed E-state index contributed by atoms with van der Waals surface area (Å²) in [6, 6.07) is 8.58. The van der Waals surface area contributed by atoms with E-state index < -0.39 is 0 Å². The predicted octanol–water partition coefficient (Wildman–Crippen LogP) is 2.65. The Morgan fingerprint density at radius 1 is 0.960 bits per heavy atom. The van der Waals surface area contributed by atoms with Gasteiger partial charge in [0.15, 0.2) is 5.84 Å². The van der Waals surface area contributed by atoms with E-state index in [1.807, 2.05) is 0 Å². The van der Waals surface area contributed by atoms with Crippen molar-refractivity contribution < 1.29 is 0 Å². The second-order valence-electron chi connectivity index (χ2n) is 6.40. The molecule has 0 saturated heterocycles. The largest absolute Gasteiger partial charge is 0.378 e. The van der Waals surface area contributed by atoms with Crippen LogP contribution in [0.4, 0.5) is 5.69 Å². The lowest BCUT2D eigenvalue weighted by molar-refractivity contribution is 0.460. The average molecular weight is 338 g/mol. The first-order valence-electron chi connectivity index (χ1n) is 8.89. The van der Waals surface area contributed by atoms with Gasteiger partial charge in [0, 0.05) is 32.9 Å². The minimum Gasteiger partial charge on any atom is -0.378 e. The van der Waals surface area contributed by atoms with Gasteiger partial charge in [0.2, 0.25) is 5.96 Å². The highest BCUT2D eigenvalue weighted by atomic mass is 15.3. The SMILES string of the molecule is CCN(CC)C1=NC2=NC=NC2C(CCc2ccc(N(C)C)cc2)=N1. The number of nitrogens with zero attached hydrogens (tertiary/aromatic N) is 6. The van der Waals surface area contributed by atoms with Crippen LogP contribution in [0.25, 0.3) is 0 Å². The Hall–Kier alpha value is -2.50. The molecule has 0 spiro atoms. The van der Waals surface area contributed by atoms with Crippen molar-refractivity contribution in [3.63, 3.8) is 0 Å². The third-order valence-corrected chi connectivity index (χ3v) is 4.59. The number of aliphatic imine (C=N–C) groups is 4. The molecule has 6 nitrogen and oxygen atoms in total. The number of amidine groups is 1. The molecule has 2 aliphatic heterocycles. The van der Waals surface area contributed by atoms with Crippen LogP contribution in [0, 0.1) is 0 Å². The van der Waals surface area contributed by atoms with E-state index in [9.17, 15) is 0 Å². The summed E-state index contributed by atoms with van der Waals surface area (Å²) in [5.41, 5.74) is 3.58. The Morgan fingerprint density at radius 2 is 1.68 bits per heavy atom. The van der Waals surface area contributed by atoms with Crippen molar-refractivity contribution >= 4 is 29.5 Å². The molecule has 1 aromatic carbocycles. The van der Waals surface area contributed by atoms with Crippen LogP contribution < -0.4 is 4.90 Å². The maximum atomic E-state index is 4.82. The summed E-state index contributed by atoms with van der Waals surface area (Å²) in [7, 11) is 4.11. The van der Waals surface area contributed by atoms with Crippen LogP contribution in [0.5, 0.6) is 0 Å². The van der Waals surface area contributed by atoms with Crippen LogP contribution in [0.2, 0.25) is 0 Å². The van der Waals surface area contributed by atoms with E-state index in [0.717, 1.165) is 43.4 Å². The summed E-state index contributed by atoms with van der Waals surface area (Å²) in [4.78, 5) is 22.4. The molecule has 0 bridgehead atoms. The minimum absolute atomic E-state index is 0.0969. The standard InChI is InChI=1S/C19H26N6/c1-5-25(6-2)19-22-16(17-18(23-19)21-13-20-17)12-9-14-7-10-15(11-8-14)24(3)4/h7-8,10-11,13,17H,5-6,9,12H2,1-4H3. The van der Waals surface area contributed by atoms with Gasteiger partial charge in [-0.05, 0) is 44.4 Å². The molecule has 132 valence electrons. The lowest BCUT2D eigenvalue weighted by Crippen LogP contribution is -2.38. The number of aryl methyl sites for hydroxylation is 1. The maximum absolute atomic E-state index is 4.82. The second kappa shape index (κ2) is 7.59. The minimum atomic E-state index is -0.0969. The van der Waals surface area contributed by atoms with E-state index in [1.54, 1.807) is 6.34 Å². The van der Waals surface area contributed by atoms with Gasteiger partial charge in [-0.2, -0.15) is 4.99 Å². The Labute approximate surface area is 149 Å². The molecule has 1 aromatic rings. The molecule has 1 atom stereocenters. The average Bonchev–Trinajstić information content (AvgIpc) is 3.10. The molecule has 2 heterocycles. The van der Waals surface area contributed by atoms with Crippen molar-refractivity contribution in [1.82, 2.24) is 4.90 Å². The lowest BCUT2D eigenvalue weighted by Gasteiger charge is -2.25. The van der Waals surface area contributed by atoms with Crippen molar-refractivity contribution in [2.75, 3.05) is 32.1 Å². The fourth-order valence-corrected chi connectivity index (χ4v) is 3.01. The lowest BCUT2D eigenvalue weighted by atomic mass is 10.0. The number of rotatable bonds is 6. The first-order chi connectivity index (χ1) is 12.1. The molecule has 1 unspecified atom stereocenters. The van der Waals surface area contributed by atoms with E-state index in [2.05, 4.69) is 77.0 Å². The summed E-state index contributed by atoms with van der Waals surface area (Å²) in [5, 5.41) is 0. The first-order valence-corrected chi connectivity index (χ1v) is 8.89. The summed E-state index contributed by atoms with van der Waals surface area (Å²) in [5.74, 6) is 1.54. The highest BCUT2D eigenvalue weighted by Crippen LogP contribution is 2.18. The maximum Gasteiger partial charge on any atom is 0.227 e. The predicted molar refractivity (Wildman–Crippen MR) is 107 cm³/mol. The van der Waals surface area contributed by atoms with Gasteiger partial charge >= 0.3 is 0 Å². The number of guanidine groups is 1. The Balaban J connectivity index is 1.74. The van der Waals surface area contributed by atoms with Crippen LogP contribution >= 0.6 is 0 Å². The van der Waals surface area contributed by atoms with E-state index in [0.29, 0.717) is 0 Å². The van der Waals surface area contributed by atoms with Gasteiger partial charge in [0.25, 0.3) is 0 Å². The van der Waals surface area contributed by atoms with E-state index in [1.165, 1.54) is 11.3 Å². The van der Waals surface area contributed by atoms with Gasteiger partial charge in [0.1, 0.15) is 12.4 Å². The zero-order valence-corrected chi connectivity index (χ0v) is 15.5. The number of fused-ring (bicyclic) bond motifs is 1. The van der Waals surface area contributed by atoms with Gasteiger partial charge in [0.05, 0.1) is 5.71 Å². The molecule has 3 rings (SSSR count). The van der Waals surface area contributed by atoms with Crippen LogP contribution in [0.15, 0.2) is 44.2 Å². The fraction of sp³-hybridized carbons (Fsp3) is 0.474. The van der Waals surface area contributed by atoms with E-state index in [4.69, 9.17) is 4.99 Å². The van der Waals surface area contributed by atoms with Gasteiger partial charge in [-0.15, -0.1) is 0 Å². The highest BCUT2D eigenvalue weighted by molar-refractivity contribution is 6.23. The van der Waals surface area contributed by atoms with Crippen molar-refractivity contribution in [1.29, 1.82) is 0 Å². The van der Waals surface area contributed by atoms with Crippen molar-refractivity contribution in [2.45, 2.75) is 32.7 Å². The molecular weight excluding hydrogens is 312 g/mol. The summed E-state index contributed by atoms with van der Waals surface area (Å²) in [6.45, 7) is 6.01. The molecular formula is C19H26N6. The topological polar surface area (TPSA) is 55.9 Å². The molecule has 0 radical (unpaired) electrons. The van der Waals surface area contributed by atoms with Crippen LogP contribution in [0.3, 0.4) is 0 Å². The monoisotopic (exact) mass is 338 g/mol. The number of hydrogen-bond acceptors (Lipinski definition) is 6. The molecule has 0 aromatic heterocycles. The van der Waals surface area contributed by atoms with E-state index >= 15 is 0 Å².